The van der Waals surface area contributed by atoms with E-state index in [9.17, 15) is 4.79 Å². The Kier molecular flexibility index (Phi) is 2.85. The van der Waals surface area contributed by atoms with Crippen LogP contribution >= 0.6 is 0 Å². The fourth-order valence-electron chi connectivity index (χ4n) is 4.38. The summed E-state index contributed by atoms with van der Waals surface area (Å²) in [6.45, 7) is 2.20. The Morgan fingerprint density at radius 2 is 1.78 bits per heavy atom. The molecule has 3 heterocycles. The summed E-state index contributed by atoms with van der Waals surface area (Å²) in [7, 11) is 0. The Morgan fingerprint density at radius 1 is 0.926 bits per heavy atom. The molecule has 0 radical (unpaired) electrons. The number of benzene rings is 2. The molecule has 0 N–H and O–H groups in total. The van der Waals surface area contributed by atoms with Gasteiger partial charge in [-0.2, -0.15) is 0 Å². The third kappa shape index (κ3) is 1.97. The summed E-state index contributed by atoms with van der Waals surface area (Å²) in [4.78, 5) is 12.3. The standard InChI is InChI=1S/C22H16O5/c1-11-20-16(8-15-13-3-2-4-14(13)22(23)27-21(11)15)17(9-24-20)12-5-6-18-19(7-12)26-10-25-18/h5-9H,2-4,10H2,1H3. The molecule has 0 saturated carbocycles. The minimum atomic E-state index is -0.208. The lowest BCUT2D eigenvalue weighted by atomic mass is 9.98. The maximum atomic E-state index is 12.3. The number of hydrogen-bond acceptors (Lipinski definition) is 5. The molecule has 1 aliphatic heterocycles. The quantitative estimate of drug-likeness (QED) is 0.459. The Bertz CT molecular complexity index is 1310. The van der Waals surface area contributed by atoms with E-state index in [-0.39, 0.29) is 12.4 Å². The summed E-state index contributed by atoms with van der Waals surface area (Å²) in [5.74, 6) is 1.50. The van der Waals surface area contributed by atoms with Crippen molar-refractivity contribution in [2.75, 3.05) is 6.79 Å². The smallest absolute Gasteiger partial charge is 0.339 e. The maximum absolute atomic E-state index is 12.3. The number of fused-ring (bicyclic) bond motifs is 5. The Balaban J connectivity index is 1.67. The van der Waals surface area contributed by atoms with Gasteiger partial charge in [0.2, 0.25) is 6.79 Å². The van der Waals surface area contributed by atoms with E-state index in [1.54, 1.807) is 6.26 Å². The molecule has 2 aromatic heterocycles. The average molecular weight is 360 g/mol. The van der Waals surface area contributed by atoms with Crippen LogP contribution in [0.4, 0.5) is 0 Å². The summed E-state index contributed by atoms with van der Waals surface area (Å²) in [6.07, 6.45) is 4.47. The van der Waals surface area contributed by atoms with Crippen molar-refractivity contribution in [1.29, 1.82) is 0 Å². The zero-order valence-electron chi connectivity index (χ0n) is 14.8. The van der Waals surface area contributed by atoms with Crippen LogP contribution in [-0.4, -0.2) is 6.79 Å². The predicted molar refractivity (Wildman–Crippen MR) is 101 cm³/mol. The van der Waals surface area contributed by atoms with Gasteiger partial charge in [0.1, 0.15) is 11.2 Å². The zero-order chi connectivity index (χ0) is 18.1. The third-order valence-corrected chi connectivity index (χ3v) is 5.71. The molecule has 4 aromatic rings. The van der Waals surface area contributed by atoms with Gasteiger partial charge in [0, 0.05) is 27.5 Å². The molecule has 1 aliphatic carbocycles. The second kappa shape index (κ2) is 5.16. The molecule has 27 heavy (non-hydrogen) atoms. The molecule has 5 heteroatoms. The summed E-state index contributed by atoms with van der Waals surface area (Å²) >= 11 is 0. The first-order chi connectivity index (χ1) is 13.2. The van der Waals surface area contributed by atoms with Gasteiger partial charge in [-0.15, -0.1) is 0 Å². The molecule has 0 unspecified atom stereocenters. The van der Waals surface area contributed by atoms with Crippen molar-refractivity contribution in [2.24, 2.45) is 0 Å². The average Bonchev–Trinajstić information content (AvgIpc) is 3.41. The fourth-order valence-corrected chi connectivity index (χ4v) is 4.38. The van der Waals surface area contributed by atoms with Crippen molar-refractivity contribution < 1.29 is 18.3 Å². The second-order valence-electron chi connectivity index (χ2n) is 7.17. The fraction of sp³-hybridized carbons (Fsp3) is 0.227. The van der Waals surface area contributed by atoms with E-state index < -0.39 is 0 Å². The van der Waals surface area contributed by atoms with E-state index in [0.717, 1.165) is 74.9 Å². The first-order valence-electron chi connectivity index (χ1n) is 9.10. The normalized spacial score (nSPS) is 15.0. The molecule has 0 fully saturated rings. The molecule has 2 aliphatic rings. The van der Waals surface area contributed by atoms with E-state index in [1.807, 2.05) is 25.1 Å². The van der Waals surface area contributed by atoms with Crippen LogP contribution in [0.3, 0.4) is 0 Å². The van der Waals surface area contributed by atoms with Crippen LogP contribution in [0.25, 0.3) is 33.1 Å². The van der Waals surface area contributed by atoms with Crippen LogP contribution in [0.15, 0.2) is 44.2 Å². The Hall–Kier alpha value is -3.21. The van der Waals surface area contributed by atoms with Crippen molar-refractivity contribution in [3.05, 3.63) is 57.6 Å². The number of furan rings is 1. The molecule has 0 bridgehead atoms. The molecule has 0 saturated heterocycles. The van der Waals surface area contributed by atoms with Gasteiger partial charge in [0.15, 0.2) is 11.5 Å². The van der Waals surface area contributed by atoms with Gasteiger partial charge in [-0.3, -0.25) is 0 Å². The highest BCUT2D eigenvalue weighted by molar-refractivity contribution is 6.05. The van der Waals surface area contributed by atoms with Gasteiger partial charge in [0.05, 0.1) is 6.26 Å². The maximum Gasteiger partial charge on any atom is 0.339 e. The Labute approximate surface area is 154 Å². The van der Waals surface area contributed by atoms with Crippen molar-refractivity contribution in [2.45, 2.75) is 26.2 Å². The van der Waals surface area contributed by atoms with Crippen LogP contribution in [-0.2, 0) is 12.8 Å². The van der Waals surface area contributed by atoms with Gasteiger partial charge in [-0.1, -0.05) is 6.07 Å². The van der Waals surface area contributed by atoms with E-state index in [2.05, 4.69) is 6.07 Å². The van der Waals surface area contributed by atoms with E-state index in [4.69, 9.17) is 18.3 Å². The van der Waals surface area contributed by atoms with Gasteiger partial charge in [-0.05, 0) is 55.5 Å². The van der Waals surface area contributed by atoms with Crippen molar-refractivity contribution >= 4 is 21.9 Å². The lowest BCUT2D eigenvalue weighted by Gasteiger charge is -2.08. The number of ether oxygens (including phenoxy) is 2. The van der Waals surface area contributed by atoms with E-state index in [0.29, 0.717) is 5.58 Å². The summed E-state index contributed by atoms with van der Waals surface area (Å²) in [5, 5.41) is 2.04. The molecule has 5 nitrogen and oxygen atoms in total. The van der Waals surface area contributed by atoms with Crippen LogP contribution in [0.1, 0.15) is 23.1 Å². The predicted octanol–water partition coefficient (Wildman–Crippen LogP) is 4.73. The van der Waals surface area contributed by atoms with E-state index in [1.165, 1.54) is 0 Å². The lowest BCUT2D eigenvalue weighted by Crippen LogP contribution is -2.07. The molecular formula is C22H16O5. The molecule has 2 aromatic carbocycles. The first kappa shape index (κ1) is 14.9. The minimum Gasteiger partial charge on any atom is -0.463 e. The van der Waals surface area contributed by atoms with Crippen LogP contribution in [0, 0.1) is 6.92 Å². The van der Waals surface area contributed by atoms with Gasteiger partial charge in [-0.25, -0.2) is 4.79 Å². The molecular weight excluding hydrogens is 344 g/mol. The molecule has 0 atom stereocenters. The van der Waals surface area contributed by atoms with Crippen LogP contribution in [0.2, 0.25) is 0 Å². The van der Waals surface area contributed by atoms with Crippen LogP contribution in [0.5, 0.6) is 11.5 Å². The van der Waals surface area contributed by atoms with Crippen molar-refractivity contribution in [3.63, 3.8) is 0 Å². The third-order valence-electron chi connectivity index (χ3n) is 5.71. The first-order valence-corrected chi connectivity index (χ1v) is 9.10. The minimum absolute atomic E-state index is 0.208. The molecule has 6 rings (SSSR count). The summed E-state index contributed by atoms with van der Waals surface area (Å²) in [6, 6.07) is 8.00. The summed E-state index contributed by atoms with van der Waals surface area (Å²) in [5.41, 5.74) is 5.99. The van der Waals surface area contributed by atoms with Crippen molar-refractivity contribution in [1.82, 2.24) is 0 Å². The monoisotopic (exact) mass is 360 g/mol. The largest absolute Gasteiger partial charge is 0.463 e. The van der Waals surface area contributed by atoms with Gasteiger partial charge >= 0.3 is 5.63 Å². The molecule has 0 amide bonds. The molecule has 0 spiro atoms. The SMILES string of the molecule is Cc1c2occ(-c3ccc4c(c3)OCO4)c2cc2c3c(c(=O)oc12)CCC3. The van der Waals surface area contributed by atoms with Crippen LogP contribution < -0.4 is 15.1 Å². The number of aryl methyl sites for hydroxylation is 2. The lowest BCUT2D eigenvalue weighted by molar-refractivity contribution is 0.174. The highest BCUT2D eigenvalue weighted by Gasteiger charge is 2.23. The Morgan fingerprint density at radius 3 is 2.70 bits per heavy atom. The number of rotatable bonds is 1. The van der Waals surface area contributed by atoms with Crippen molar-refractivity contribution in [3.8, 4) is 22.6 Å². The zero-order valence-corrected chi connectivity index (χ0v) is 14.8. The number of hydrogen-bond donors (Lipinski definition) is 0. The van der Waals surface area contributed by atoms with Gasteiger partial charge in [0.25, 0.3) is 0 Å². The highest BCUT2D eigenvalue weighted by atomic mass is 16.7. The second-order valence-corrected chi connectivity index (χ2v) is 7.17. The van der Waals surface area contributed by atoms with E-state index >= 15 is 0 Å². The topological polar surface area (TPSA) is 61.8 Å². The summed E-state index contributed by atoms with van der Waals surface area (Å²) < 4.78 is 22.5. The van der Waals surface area contributed by atoms with Gasteiger partial charge < -0.3 is 18.3 Å². The molecule has 134 valence electrons. The highest BCUT2D eigenvalue weighted by Crippen LogP contribution is 2.41.